The van der Waals surface area contributed by atoms with Gasteiger partial charge < -0.3 is 14.8 Å². The smallest absolute Gasteiger partial charge is 0.262 e. The molecule has 1 aliphatic heterocycles. The van der Waals surface area contributed by atoms with Crippen LogP contribution in [0.3, 0.4) is 0 Å². The average molecular weight is 382 g/mol. The van der Waals surface area contributed by atoms with Crippen molar-refractivity contribution in [2.24, 2.45) is 5.92 Å². The van der Waals surface area contributed by atoms with Crippen LogP contribution in [0, 0.1) is 5.92 Å². The second kappa shape index (κ2) is 7.72. The third-order valence-electron chi connectivity index (χ3n) is 4.62. The molecule has 2 aromatic rings. The SMILES string of the molecule is COc1cc(NC(=O)[C@H](C(C)C)N2C(=O)c3ccccc3C2=O)cc(OC)c1. The lowest BCUT2D eigenvalue weighted by molar-refractivity contribution is -0.121. The number of hydrogen-bond donors (Lipinski definition) is 1. The summed E-state index contributed by atoms with van der Waals surface area (Å²) in [5, 5.41) is 2.77. The van der Waals surface area contributed by atoms with Crippen molar-refractivity contribution in [2.75, 3.05) is 19.5 Å². The number of hydrogen-bond acceptors (Lipinski definition) is 5. The first-order valence-electron chi connectivity index (χ1n) is 8.88. The molecule has 1 N–H and O–H groups in total. The van der Waals surface area contributed by atoms with Crippen LogP contribution in [0.25, 0.3) is 0 Å². The molecule has 3 rings (SSSR count). The summed E-state index contributed by atoms with van der Waals surface area (Å²) in [5.74, 6) is -0.641. The predicted molar refractivity (Wildman–Crippen MR) is 104 cm³/mol. The molecule has 1 heterocycles. The van der Waals surface area contributed by atoms with Gasteiger partial charge in [-0.2, -0.15) is 0 Å². The fraction of sp³-hybridized carbons (Fsp3) is 0.286. The van der Waals surface area contributed by atoms with Crippen LogP contribution in [-0.4, -0.2) is 42.9 Å². The van der Waals surface area contributed by atoms with Crippen LogP contribution < -0.4 is 14.8 Å². The van der Waals surface area contributed by atoms with Crippen LogP contribution in [0.2, 0.25) is 0 Å². The molecule has 3 amide bonds. The number of nitrogens with one attached hydrogen (secondary N) is 1. The Morgan fingerprint density at radius 1 is 0.929 bits per heavy atom. The molecule has 2 aromatic carbocycles. The molecule has 0 radical (unpaired) electrons. The van der Waals surface area contributed by atoms with Gasteiger partial charge in [0.05, 0.1) is 25.3 Å². The van der Waals surface area contributed by atoms with Gasteiger partial charge in [-0.1, -0.05) is 26.0 Å². The average Bonchev–Trinajstić information content (AvgIpc) is 2.93. The number of anilines is 1. The van der Waals surface area contributed by atoms with E-state index in [0.717, 1.165) is 4.90 Å². The fourth-order valence-corrected chi connectivity index (χ4v) is 3.27. The lowest BCUT2D eigenvalue weighted by Crippen LogP contribution is -2.50. The number of benzene rings is 2. The highest BCUT2D eigenvalue weighted by molar-refractivity contribution is 6.23. The van der Waals surface area contributed by atoms with Crippen molar-refractivity contribution < 1.29 is 23.9 Å². The van der Waals surface area contributed by atoms with E-state index in [2.05, 4.69) is 5.32 Å². The lowest BCUT2D eigenvalue weighted by atomic mass is 10.0. The van der Waals surface area contributed by atoms with Crippen molar-refractivity contribution in [2.45, 2.75) is 19.9 Å². The van der Waals surface area contributed by atoms with E-state index in [9.17, 15) is 14.4 Å². The Bertz CT molecular complexity index is 881. The molecule has 0 fully saturated rings. The molecule has 7 nitrogen and oxygen atoms in total. The Balaban J connectivity index is 1.91. The van der Waals surface area contributed by atoms with Gasteiger partial charge >= 0.3 is 0 Å². The topological polar surface area (TPSA) is 84.9 Å². The standard InChI is InChI=1S/C21H22N2O5/c1-12(2)18(23-20(25)16-7-5-6-8-17(16)21(23)26)19(24)22-13-9-14(27-3)11-15(10-13)28-4/h5-12,18H,1-4H3,(H,22,24)/t18-/m0/s1. The van der Waals surface area contributed by atoms with Gasteiger partial charge in [0, 0.05) is 23.9 Å². The Labute approximate surface area is 163 Å². The summed E-state index contributed by atoms with van der Waals surface area (Å²) in [6, 6.07) is 10.6. The number of amides is 3. The maximum atomic E-state index is 13.0. The lowest BCUT2D eigenvalue weighted by Gasteiger charge is -2.28. The Morgan fingerprint density at radius 2 is 1.43 bits per heavy atom. The van der Waals surface area contributed by atoms with Crippen molar-refractivity contribution in [3.63, 3.8) is 0 Å². The van der Waals surface area contributed by atoms with Crippen molar-refractivity contribution >= 4 is 23.4 Å². The van der Waals surface area contributed by atoms with Crippen LogP contribution in [0.5, 0.6) is 11.5 Å². The van der Waals surface area contributed by atoms with Crippen LogP contribution in [0.4, 0.5) is 5.69 Å². The molecule has 7 heteroatoms. The maximum absolute atomic E-state index is 13.0. The van der Waals surface area contributed by atoms with E-state index in [1.807, 2.05) is 0 Å². The van der Waals surface area contributed by atoms with E-state index in [4.69, 9.17) is 9.47 Å². The van der Waals surface area contributed by atoms with Gasteiger partial charge in [0.15, 0.2) is 0 Å². The highest BCUT2D eigenvalue weighted by atomic mass is 16.5. The first kappa shape index (κ1) is 19.4. The molecule has 146 valence electrons. The molecule has 0 saturated heterocycles. The summed E-state index contributed by atoms with van der Waals surface area (Å²) in [4.78, 5) is 39.7. The molecule has 0 spiro atoms. The molecule has 1 aliphatic rings. The number of nitrogens with zero attached hydrogens (tertiary/aromatic N) is 1. The third-order valence-corrected chi connectivity index (χ3v) is 4.62. The van der Waals surface area contributed by atoms with Crippen molar-refractivity contribution in [1.82, 2.24) is 4.90 Å². The summed E-state index contributed by atoms with van der Waals surface area (Å²) in [6.07, 6.45) is 0. The van der Waals surface area contributed by atoms with E-state index >= 15 is 0 Å². The van der Waals surface area contributed by atoms with E-state index in [0.29, 0.717) is 28.3 Å². The first-order valence-corrected chi connectivity index (χ1v) is 8.88. The van der Waals surface area contributed by atoms with Gasteiger partial charge in [-0.05, 0) is 18.1 Å². The van der Waals surface area contributed by atoms with Crippen LogP contribution in [-0.2, 0) is 4.79 Å². The zero-order valence-corrected chi connectivity index (χ0v) is 16.2. The van der Waals surface area contributed by atoms with Gasteiger partial charge in [-0.3, -0.25) is 19.3 Å². The molecule has 1 atom stereocenters. The summed E-state index contributed by atoms with van der Waals surface area (Å²) < 4.78 is 10.4. The highest BCUT2D eigenvalue weighted by Crippen LogP contribution is 2.29. The minimum absolute atomic E-state index is 0.283. The molecule has 0 bridgehead atoms. The number of carbonyl (C=O) groups is 3. The Morgan fingerprint density at radius 3 is 1.86 bits per heavy atom. The van der Waals surface area contributed by atoms with Crippen molar-refractivity contribution in [1.29, 1.82) is 0 Å². The zero-order chi connectivity index (χ0) is 20.4. The van der Waals surface area contributed by atoms with E-state index in [1.165, 1.54) is 14.2 Å². The third kappa shape index (κ3) is 3.43. The molecule has 28 heavy (non-hydrogen) atoms. The van der Waals surface area contributed by atoms with Crippen LogP contribution in [0.1, 0.15) is 34.6 Å². The minimum Gasteiger partial charge on any atom is -0.497 e. The summed E-state index contributed by atoms with van der Waals surface area (Å²) in [5.41, 5.74) is 1.08. The predicted octanol–water partition coefficient (Wildman–Crippen LogP) is 2.96. The van der Waals surface area contributed by atoms with Crippen molar-refractivity contribution in [3.8, 4) is 11.5 Å². The van der Waals surface area contributed by atoms with Crippen LogP contribution >= 0.6 is 0 Å². The normalized spacial score (nSPS) is 14.1. The molecular formula is C21H22N2O5. The monoisotopic (exact) mass is 382 g/mol. The molecule has 0 saturated carbocycles. The number of ether oxygens (including phenoxy) is 2. The molecule has 0 aromatic heterocycles. The second-order valence-electron chi connectivity index (χ2n) is 6.81. The van der Waals surface area contributed by atoms with Gasteiger partial charge in [-0.15, -0.1) is 0 Å². The van der Waals surface area contributed by atoms with Gasteiger partial charge in [0.2, 0.25) is 5.91 Å². The number of imide groups is 1. The quantitative estimate of drug-likeness (QED) is 0.777. The number of methoxy groups -OCH3 is 2. The number of rotatable bonds is 6. The van der Waals surface area contributed by atoms with Gasteiger partial charge in [-0.25, -0.2) is 0 Å². The fourth-order valence-electron chi connectivity index (χ4n) is 3.27. The van der Waals surface area contributed by atoms with Crippen molar-refractivity contribution in [3.05, 3.63) is 53.6 Å². The highest BCUT2D eigenvalue weighted by Gasteiger charge is 2.43. The molecular weight excluding hydrogens is 360 g/mol. The Kier molecular flexibility index (Phi) is 5.35. The van der Waals surface area contributed by atoms with E-state index in [-0.39, 0.29) is 5.92 Å². The number of carbonyl (C=O) groups excluding carboxylic acids is 3. The number of fused-ring (bicyclic) bond motifs is 1. The van der Waals surface area contributed by atoms with Gasteiger partial charge in [0.1, 0.15) is 17.5 Å². The first-order chi connectivity index (χ1) is 13.4. The summed E-state index contributed by atoms with van der Waals surface area (Å²) >= 11 is 0. The summed E-state index contributed by atoms with van der Waals surface area (Å²) in [7, 11) is 3.02. The van der Waals surface area contributed by atoms with Crippen LogP contribution in [0.15, 0.2) is 42.5 Å². The Hall–Kier alpha value is -3.35. The molecule has 0 aliphatic carbocycles. The minimum atomic E-state index is -0.954. The zero-order valence-electron chi connectivity index (χ0n) is 16.2. The van der Waals surface area contributed by atoms with E-state index in [1.54, 1.807) is 56.3 Å². The molecule has 0 unspecified atom stereocenters. The maximum Gasteiger partial charge on any atom is 0.262 e. The van der Waals surface area contributed by atoms with Gasteiger partial charge in [0.25, 0.3) is 11.8 Å². The summed E-state index contributed by atoms with van der Waals surface area (Å²) in [6.45, 7) is 3.58. The second-order valence-corrected chi connectivity index (χ2v) is 6.81. The largest absolute Gasteiger partial charge is 0.497 e. The van der Waals surface area contributed by atoms with E-state index < -0.39 is 23.8 Å².